The van der Waals surface area contributed by atoms with Crippen molar-refractivity contribution < 1.29 is 8.78 Å². The molecule has 0 heterocycles. The highest BCUT2D eigenvalue weighted by atomic mass is 19.1. The van der Waals surface area contributed by atoms with E-state index < -0.39 is 5.79 Å². The number of hydrogen-bond donors (Lipinski definition) is 1. The van der Waals surface area contributed by atoms with Crippen LogP contribution in [0.15, 0.2) is 24.1 Å². The SMILES string of the molecule is CN(C)CCCNC1(F)C=CC(F)=CC1. The first kappa shape index (κ1) is 12.3. The van der Waals surface area contributed by atoms with Crippen LogP contribution in [0.1, 0.15) is 12.8 Å². The summed E-state index contributed by atoms with van der Waals surface area (Å²) in [5, 5.41) is 2.78. The molecule has 1 aliphatic rings. The number of rotatable bonds is 5. The Bertz CT molecular complexity index is 261. The van der Waals surface area contributed by atoms with Gasteiger partial charge in [-0.1, -0.05) is 0 Å². The third-order valence-electron chi connectivity index (χ3n) is 2.30. The molecule has 0 aromatic carbocycles. The maximum Gasteiger partial charge on any atom is 0.184 e. The van der Waals surface area contributed by atoms with Crippen LogP contribution < -0.4 is 5.32 Å². The Balaban J connectivity index is 2.24. The summed E-state index contributed by atoms with van der Waals surface area (Å²) < 4.78 is 26.4. The Kier molecular flexibility index (Phi) is 4.42. The zero-order valence-corrected chi connectivity index (χ0v) is 9.26. The number of hydrogen-bond acceptors (Lipinski definition) is 2. The summed E-state index contributed by atoms with van der Waals surface area (Å²) in [4.78, 5) is 2.04. The van der Waals surface area contributed by atoms with Crippen molar-refractivity contribution in [3.63, 3.8) is 0 Å². The predicted octanol–water partition coefficient (Wildman–Crippen LogP) is 2.01. The quantitative estimate of drug-likeness (QED) is 0.558. The van der Waals surface area contributed by atoms with Gasteiger partial charge in [0.05, 0.1) is 0 Å². The van der Waals surface area contributed by atoms with Crippen LogP contribution in [0, 0.1) is 0 Å². The minimum atomic E-state index is -1.57. The van der Waals surface area contributed by atoms with Crippen molar-refractivity contribution in [1.82, 2.24) is 10.2 Å². The fraction of sp³-hybridized carbons (Fsp3) is 0.636. The fourth-order valence-electron chi connectivity index (χ4n) is 1.42. The van der Waals surface area contributed by atoms with Crippen molar-refractivity contribution in [2.24, 2.45) is 0 Å². The van der Waals surface area contributed by atoms with E-state index in [-0.39, 0.29) is 12.2 Å². The van der Waals surface area contributed by atoms with E-state index in [2.05, 4.69) is 5.32 Å². The Morgan fingerprint density at radius 2 is 2.27 bits per heavy atom. The lowest BCUT2D eigenvalue weighted by Gasteiger charge is -2.24. The summed E-state index contributed by atoms with van der Waals surface area (Å²) in [6.45, 7) is 1.51. The van der Waals surface area contributed by atoms with Gasteiger partial charge < -0.3 is 4.90 Å². The smallest absolute Gasteiger partial charge is 0.184 e. The van der Waals surface area contributed by atoms with Gasteiger partial charge in [0.25, 0.3) is 0 Å². The number of halogens is 2. The van der Waals surface area contributed by atoms with Crippen molar-refractivity contribution in [2.75, 3.05) is 27.2 Å². The molecule has 0 aliphatic heterocycles. The van der Waals surface area contributed by atoms with Gasteiger partial charge in [-0.05, 0) is 51.8 Å². The van der Waals surface area contributed by atoms with E-state index in [1.54, 1.807) is 0 Å². The molecule has 0 radical (unpaired) electrons. The van der Waals surface area contributed by atoms with Crippen LogP contribution in [0.25, 0.3) is 0 Å². The average Bonchev–Trinajstić information content (AvgIpc) is 2.18. The van der Waals surface area contributed by atoms with Gasteiger partial charge in [0.15, 0.2) is 5.79 Å². The first-order chi connectivity index (χ1) is 7.02. The van der Waals surface area contributed by atoms with Gasteiger partial charge >= 0.3 is 0 Å². The first-order valence-electron chi connectivity index (χ1n) is 5.15. The van der Waals surface area contributed by atoms with Crippen molar-refractivity contribution in [2.45, 2.75) is 18.6 Å². The summed E-state index contributed by atoms with van der Waals surface area (Å²) in [5.41, 5.74) is 0. The third kappa shape index (κ3) is 4.53. The maximum absolute atomic E-state index is 13.8. The minimum absolute atomic E-state index is 0.0668. The van der Waals surface area contributed by atoms with Gasteiger partial charge in [0.1, 0.15) is 5.83 Å². The molecule has 1 atom stereocenters. The monoisotopic (exact) mass is 216 g/mol. The van der Waals surface area contributed by atoms with Crippen LogP contribution in [0.2, 0.25) is 0 Å². The number of nitrogens with one attached hydrogen (secondary N) is 1. The first-order valence-corrected chi connectivity index (χ1v) is 5.15. The van der Waals surface area contributed by atoms with Crippen LogP contribution >= 0.6 is 0 Å². The Morgan fingerprint density at radius 1 is 1.53 bits per heavy atom. The third-order valence-corrected chi connectivity index (χ3v) is 2.30. The van der Waals surface area contributed by atoms with Crippen LogP contribution in [0.5, 0.6) is 0 Å². The van der Waals surface area contributed by atoms with Gasteiger partial charge in [-0.15, -0.1) is 0 Å². The van der Waals surface area contributed by atoms with Crippen molar-refractivity contribution in [1.29, 1.82) is 0 Å². The van der Waals surface area contributed by atoms with Crippen LogP contribution in [0.3, 0.4) is 0 Å². The van der Waals surface area contributed by atoms with Gasteiger partial charge in [0, 0.05) is 6.42 Å². The van der Waals surface area contributed by atoms with E-state index in [1.807, 2.05) is 19.0 Å². The summed E-state index contributed by atoms with van der Waals surface area (Å²) in [6, 6.07) is 0. The second-order valence-electron chi connectivity index (χ2n) is 4.07. The standard InChI is InChI=1S/C11H18F2N2/c1-15(2)9-3-8-14-11(13)6-4-10(12)5-7-11/h4-6,14H,3,7-9H2,1-2H3. The summed E-state index contributed by atoms with van der Waals surface area (Å²) in [5.74, 6) is -1.93. The fourth-order valence-corrected chi connectivity index (χ4v) is 1.42. The highest BCUT2D eigenvalue weighted by molar-refractivity contribution is 5.22. The molecule has 1 unspecified atom stereocenters. The highest BCUT2D eigenvalue weighted by Crippen LogP contribution is 2.22. The molecule has 2 nitrogen and oxygen atoms in total. The van der Waals surface area contributed by atoms with Crippen molar-refractivity contribution in [3.8, 4) is 0 Å². The Hall–Kier alpha value is -0.740. The molecule has 0 saturated heterocycles. The largest absolute Gasteiger partial charge is 0.309 e. The molecule has 4 heteroatoms. The second-order valence-corrected chi connectivity index (χ2v) is 4.07. The molecule has 86 valence electrons. The topological polar surface area (TPSA) is 15.3 Å². The van der Waals surface area contributed by atoms with E-state index in [0.717, 1.165) is 13.0 Å². The number of alkyl halides is 1. The summed E-state index contributed by atoms with van der Waals surface area (Å²) in [6.07, 6.45) is 4.62. The van der Waals surface area contributed by atoms with Gasteiger partial charge in [-0.3, -0.25) is 5.32 Å². The van der Waals surface area contributed by atoms with E-state index in [0.29, 0.717) is 6.54 Å². The molecular formula is C11H18F2N2. The van der Waals surface area contributed by atoms with Gasteiger partial charge in [0.2, 0.25) is 0 Å². The molecule has 0 spiro atoms. The molecule has 0 bridgehead atoms. The molecular weight excluding hydrogens is 198 g/mol. The zero-order valence-electron chi connectivity index (χ0n) is 9.26. The molecule has 0 fully saturated rings. The van der Waals surface area contributed by atoms with Crippen LogP contribution in [0.4, 0.5) is 8.78 Å². The summed E-state index contributed by atoms with van der Waals surface area (Å²) in [7, 11) is 3.95. The lowest BCUT2D eigenvalue weighted by molar-refractivity contribution is 0.173. The van der Waals surface area contributed by atoms with Gasteiger partial charge in [-0.2, -0.15) is 0 Å². The molecule has 15 heavy (non-hydrogen) atoms. The predicted molar refractivity (Wildman–Crippen MR) is 58.0 cm³/mol. The highest BCUT2D eigenvalue weighted by Gasteiger charge is 2.26. The number of nitrogens with zero attached hydrogens (tertiary/aromatic N) is 1. The lowest BCUT2D eigenvalue weighted by atomic mass is 10.1. The molecule has 0 aromatic heterocycles. The van der Waals surface area contributed by atoms with Crippen LogP contribution in [-0.2, 0) is 0 Å². The normalized spacial score (nSPS) is 25.8. The average molecular weight is 216 g/mol. The lowest BCUT2D eigenvalue weighted by Crippen LogP contribution is -2.40. The van der Waals surface area contributed by atoms with E-state index in [4.69, 9.17) is 0 Å². The molecule has 1 N–H and O–H groups in total. The number of allylic oxidation sites excluding steroid dienone is 2. The zero-order chi connectivity index (χ0) is 11.3. The van der Waals surface area contributed by atoms with E-state index >= 15 is 0 Å². The van der Waals surface area contributed by atoms with Crippen LogP contribution in [-0.4, -0.2) is 37.9 Å². The molecule has 0 saturated carbocycles. The Morgan fingerprint density at radius 3 is 2.80 bits per heavy atom. The summed E-state index contributed by atoms with van der Waals surface area (Å²) >= 11 is 0. The maximum atomic E-state index is 13.8. The van der Waals surface area contributed by atoms with E-state index in [1.165, 1.54) is 18.2 Å². The molecule has 1 rings (SSSR count). The van der Waals surface area contributed by atoms with Gasteiger partial charge in [-0.25, -0.2) is 8.78 Å². The second kappa shape index (κ2) is 5.37. The van der Waals surface area contributed by atoms with Crippen molar-refractivity contribution in [3.05, 3.63) is 24.1 Å². The molecule has 1 aliphatic carbocycles. The van der Waals surface area contributed by atoms with E-state index in [9.17, 15) is 8.78 Å². The molecule has 0 amide bonds. The van der Waals surface area contributed by atoms with Crippen molar-refractivity contribution >= 4 is 0 Å². The minimum Gasteiger partial charge on any atom is -0.309 e. The molecule has 0 aromatic rings. The Labute approximate surface area is 89.6 Å².